The first-order valence-corrected chi connectivity index (χ1v) is 6.75. The number of aromatic hydroxyl groups is 1. The highest BCUT2D eigenvalue weighted by atomic mass is 127. The summed E-state index contributed by atoms with van der Waals surface area (Å²) in [7, 11) is 0. The Labute approximate surface area is 125 Å². The van der Waals surface area contributed by atoms with Crippen molar-refractivity contribution in [2.45, 2.75) is 0 Å². The first-order valence-electron chi connectivity index (χ1n) is 4.60. The predicted octanol–water partition coefficient (Wildman–Crippen LogP) is 3.09. The molecule has 2 N–H and O–H groups in total. The summed E-state index contributed by atoms with van der Waals surface area (Å²) in [5.74, 6) is -1.32. The molecule has 0 amide bonds. The van der Waals surface area contributed by atoms with E-state index in [4.69, 9.17) is 5.11 Å². The first kappa shape index (κ1) is 12.7. The molecule has 17 heavy (non-hydrogen) atoms. The Kier molecular flexibility index (Phi) is 3.61. The van der Waals surface area contributed by atoms with Gasteiger partial charge in [-0.05, 0) is 63.4 Å². The van der Waals surface area contributed by atoms with Crippen molar-refractivity contribution in [3.05, 3.63) is 43.3 Å². The van der Waals surface area contributed by atoms with Crippen molar-refractivity contribution in [2.24, 2.45) is 0 Å². The normalized spacial score (nSPS) is 10.5. The summed E-state index contributed by atoms with van der Waals surface area (Å²) in [5.41, 5.74) is 0.716. The zero-order valence-corrected chi connectivity index (χ0v) is 12.7. The quantitative estimate of drug-likeness (QED) is 0.685. The van der Waals surface area contributed by atoms with Crippen LogP contribution in [0.25, 0.3) is 5.69 Å². The van der Waals surface area contributed by atoms with Crippen LogP contribution in [0.15, 0.2) is 30.6 Å². The molecule has 1 heterocycles. The van der Waals surface area contributed by atoms with Crippen molar-refractivity contribution in [1.82, 2.24) is 4.57 Å². The molecule has 2 rings (SSSR count). The Bertz CT molecular complexity index is 579. The van der Waals surface area contributed by atoms with Gasteiger partial charge in [-0.2, -0.15) is 0 Å². The number of benzene rings is 1. The van der Waals surface area contributed by atoms with Gasteiger partial charge in [0.2, 0.25) is 0 Å². The van der Waals surface area contributed by atoms with E-state index in [1.54, 1.807) is 0 Å². The fourth-order valence-corrected chi connectivity index (χ4v) is 3.72. The molecular weight excluding hydrogens is 448 g/mol. The summed E-state index contributed by atoms with van der Waals surface area (Å²) in [4.78, 5) is 11.0. The van der Waals surface area contributed by atoms with Crippen molar-refractivity contribution in [3.8, 4) is 11.4 Å². The summed E-state index contributed by atoms with van der Waals surface area (Å²) >= 11 is 4.01. The third-order valence-corrected chi connectivity index (χ3v) is 4.11. The number of rotatable bonds is 2. The maximum atomic E-state index is 11.0. The molecule has 0 unspecified atom stereocenters. The molecule has 0 bridgehead atoms. The van der Waals surface area contributed by atoms with Gasteiger partial charge < -0.3 is 14.8 Å². The molecule has 6 heteroatoms. The second-order valence-electron chi connectivity index (χ2n) is 3.31. The lowest BCUT2D eigenvalue weighted by Gasteiger charge is -2.12. The molecule has 1 aromatic heterocycles. The number of carboxylic acids is 1. The summed E-state index contributed by atoms with van der Waals surface area (Å²) in [6.45, 7) is 0. The predicted molar refractivity (Wildman–Crippen MR) is 79.8 cm³/mol. The van der Waals surface area contributed by atoms with Gasteiger partial charge >= 0.3 is 5.97 Å². The summed E-state index contributed by atoms with van der Waals surface area (Å²) in [6, 6.07) is 5.21. The SMILES string of the molecule is O=C(O)c1cc(I)c(-n2cccc2)c(I)c1O. The fourth-order valence-electron chi connectivity index (χ4n) is 1.48. The lowest BCUT2D eigenvalue weighted by atomic mass is 10.2. The number of carbonyl (C=O) groups is 1. The van der Waals surface area contributed by atoms with Crippen LogP contribution in [-0.2, 0) is 0 Å². The van der Waals surface area contributed by atoms with Crippen molar-refractivity contribution in [2.75, 3.05) is 0 Å². The highest BCUT2D eigenvalue weighted by Crippen LogP contribution is 2.34. The third kappa shape index (κ3) is 2.28. The Balaban J connectivity index is 2.72. The number of hydrogen-bond donors (Lipinski definition) is 2. The topological polar surface area (TPSA) is 62.5 Å². The largest absolute Gasteiger partial charge is 0.506 e. The molecule has 0 aliphatic carbocycles. The van der Waals surface area contributed by atoms with E-state index in [-0.39, 0.29) is 11.3 Å². The molecular formula is C11H7I2NO3. The average Bonchev–Trinajstić information content (AvgIpc) is 2.76. The molecule has 2 aromatic rings. The monoisotopic (exact) mass is 455 g/mol. The molecule has 0 saturated heterocycles. The van der Waals surface area contributed by atoms with Gasteiger partial charge in [0.05, 0.1) is 9.26 Å². The van der Waals surface area contributed by atoms with Gasteiger partial charge in [-0.3, -0.25) is 0 Å². The molecule has 0 atom stereocenters. The van der Waals surface area contributed by atoms with Crippen LogP contribution < -0.4 is 0 Å². The molecule has 0 aliphatic rings. The van der Waals surface area contributed by atoms with E-state index in [2.05, 4.69) is 22.6 Å². The van der Waals surface area contributed by atoms with Crippen LogP contribution in [0.1, 0.15) is 10.4 Å². The Morgan fingerprint density at radius 3 is 2.35 bits per heavy atom. The number of phenols is 1. The highest BCUT2D eigenvalue weighted by Gasteiger charge is 2.19. The number of carboxylic acid groups (broad SMARTS) is 1. The minimum Gasteiger partial charge on any atom is -0.506 e. The van der Waals surface area contributed by atoms with E-state index < -0.39 is 5.97 Å². The van der Waals surface area contributed by atoms with E-state index in [1.165, 1.54) is 6.07 Å². The molecule has 88 valence electrons. The average molecular weight is 455 g/mol. The molecule has 4 nitrogen and oxygen atoms in total. The zero-order chi connectivity index (χ0) is 12.6. The number of nitrogens with zero attached hydrogens (tertiary/aromatic N) is 1. The van der Waals surface area contributed by atoms with E-state index in [1.807, 2.05) is 51.7 Å². The van der Waals surface area contributed by atoms with E-state index >= 15 is 0 Å². The van der Waals surface area contributed by atoms with Gasteiger partial charge in [0.25, 0.3) is 0 Å². The number of aromatic nitrogens is 1. The lowest BCUT2D eigenvalue weighted by Crippen LogP contribution is -2.04. The minimum atomic E-state index is -1.13. The van der Waals surface area contributed by atoms with Crippen molar-refractivity contribution < 1.29 is 15.0 Å². The van der Waals surface area contributed by atoms with Crippen LogP contribution in [0, 0.1) is 7.14 Å². The lowest BCUT2D eigenvalue weighted by molar-refractivity contribution is 0.0693. The molecule has 0 spiro atoms. The molecule has 0 radical (unpaired) electrons. The second-order valence-corrected chi connectivity index (χ2v) is 5.55. The number of hydrogen-bond acceptors (Lipinski definition) is 2. The van der Waals surface area contributed by atoms with Crippen molar-refractivity contribution >= 4 is 51.2 Å². The highest BCUT2D eigenvalue weighted by molar-refractivity contribution is 14.1. The van der Waals surface area contributed by atoms with Crippen LogP contribution in [0.5, 0.6) is 5.75 Å². The van der Waals surface area contributed by atoms with Crippen molar-refractivity contribution in [1.29, 1.82) is 0 Å². The Hall–Kier alpha value is -0.770. The first-order chi connectivity index (χ1) is 8.02. The van der Waals surface area contributed by atoms with Crippen LogP contribution in [0.2, 0.25) is 0 Å². The maximum absolute atomic E-state index is 11.0. The van der Waals surface area contributed by atoms with E-state index in [9.17, 15) is 9.90 Å². The third-order valence-electron chi connectivity index (χ3n) is 2.26. The van der Waals surface area contributed by atoms with E-state index in [0.29, 0.717) is 3.57 Å². The van der Waals surface area contributed by atoms with Crippen LogP contribution in [0.3, 0.4) is 0 Å². The minimum absolute atomic E-state index is 0.0743. The molecule has 0 saturated carbocycles. The Morgan fingerprint density at radius 1 is 1.24 bits per heavy atom. The van der Waals surface area contributed by atoms with Crippen LogP contribution >= 0.6 is 45.2 Å². The van der Waals surface area contributed by atoms with Crippen LogP contribution in [0.4, 0.5) is 0 Å². The smallest absolute Gasteiger partial charge is 0.339 e. The van der Waals surface area contributed by atoms with Gasteiger partial charge in [-0.25, -0.2) is 4.79 Å². The summed E-state index contributed by atoms with van der Waals surface area (Å²) in [6.07, 6.45) is 3.69. The van der Waals surface area contributed by atoms with Gasteiger partial charge in [0.15, 0.2) is 0 Å². The van der Waals surface area contributed by atoms with E-state index in [0.717, 1.165) is 9.26 Å². The van der Waals surface area contributed by atoms with Gasteiger partial charge in [0.1, 0.15) is 11.3 Å². The summed E-state index contributed by atoms with van der Waals surface area (Å²) < 4.78 is 3.15. The molecule has 0 fully saturated rings. The number of halogens is 2. The van der Waals surface area contributed by atoms with Gasteiger partial charge in [-0.1, -0.05) is 0 Å². The maximum Gasteiger partial charge on any atom is 0.339 e. The Morgan fingerprint density at radius 2 is 1.82 bits per heavy atom. The van der Waals surface area contributed by atoms with Gasteiger partial charge in [-0.15, -0.1) is 0 Å². The number of aromatic carboxylic acids is 1. The summed E-state index contributed by atoms with van der Waals surface area (Å²) in [5, 5.41) is 18.8. The van der Waals surface area contributed by atoms with Crippen molar-refractivity contribution in [3.63, 3.8) is 0 Å². The fraction of sp³-hybridized carbons (Fsp3) is 0. The van der Waals surface area contributed by atoms with Gasteiger partial charge in [0, 0.05) is 16.0 Å². The second kappa shape index (κ2) is 4.84. The van der Waals surface area contributed by atoms with Crippen LogP contribution in [-0.4, -0.2) is 20.7 Å². The molecule has 1 aromatic carbocycles. The standard InChI is InChI=1S/C11H7I2NO3/c12-7-5-6(11(16)17)10(15)8(13)9(7)14-3-1-2-4-14/h1-5,15H,(H,16,17). The zero-order valence-electron chi connectivity index (χ0n) is 8.39. The molecule has 0 aliphatic heterocycles.